The lowest BCUT2D eigenvalue weighted by Gasteiger charge is -2.21. The maximum absolute atomic E-state index is 5.92. The normalized spacial score (nSPS) is 15.0. The molecule has 0 radical (unpaired) electrons. The van der Waals surface area contributed by atoms with E-state index in [1.807, 2.05) is 6.07 Å². The number of hydrogen-bond acceptors (Lipinski definition) is 3. The van der Waals surface area contributed by atoms with Gasteiger partial charge < -0.3 is 16.0 Å². The van der Waals surface area contributed by atoms with Crippen LogP contribution in [0.4, 0.5) is 11.4 Å². The van der Waals surface area contributed by atoms with Crippen LogP contribution in [0.3, 0.4) is 0 Å². The number of nitrogens with one attached hydrogen (secondary N) is 1. The summed E-state index contributed by atoms with van der Waals surface area (Å²) in [6.45, 7) is 9.39. The van der Waals surface area contributed by atoms with Gasteiger partial charge in [-0.05, 0) is 37.5 Å². The number of hydrogen-bond donors (Lipinski definition) is 2. The molecule has 0 aliphatic carbocycles. The van der Waals surface area contributed by atoms with Gasteiger partial charge in [0.25, 0.3) is 0 Å². The van der Waals surface area contributed by atoms with Crippen LogP contribution in [-0.2, 0) is 0 Å². The van der Waals surface area contributed by atoms with Crippen molar-refractivity contribution in [1.29, 1.82) is 0 Å². The smallest absolute Gasteiger partial charge is 0.0580 e. The summed E-state index contributed by atoms with van der Waals surface area (Å²) in [4.78, 5) is 2.35. The second kappa shape index (κ2) is 5.13. The molecule has 0 saturated carbocycles. The fourth-order valence-corrected chi connectivity index (χ4v) is 2.25. The summed E-state index contributed by atoms with van der Waals surface area (Å²) in [5.41, 5.74) is 10.0. The first kappa shape index (κ1) is 11.8. The molecule has 1 aromatic carbocycles. The average molecular weight is 231 g/mol. The minimum absolute atomic E-state index is 0.796. The van der Waals surface area contributed by atoms with Crippen molar-refractivity contribution in [3.63, 3.8) is 0 Å². The van der Waals surface area contributed by atoms with Crippen LogP contribution in [0.1, 0.15) is 25.3 Å². The molecule has 1 fully saturated rings. The highest BCUT2D eigenvalue weighted by Gasteiger charge is 2.15. The van der Waals surface area contributed by atoms with Crippen LogP contribution in [-0.4, -0.2) is 24.5 Å². The van der Waals surface area contributed by atoms with Gasteiger partial charge in [0.2, 0.25) is 0 Å². The first-order chi connectivity index (χ1) is 8.22. The van der Waals surface area contributed by atoms with E-state index in [1.165, 1.54) is 12.8 Å². The largest absolute Gasteiger partial charge is 0.397 e. The van der Waals surface area contributed by atoms with Crippen molar-refractivity contribution in [2.45, 2.75) is 19.8 Å². The highest BCUT2D eigenvalue weighted by molar-refractivity contribution is 5.74. The van der Waals surface area contributed by atoms with Gasteiger partial charge in [-0.1, -0.05) is 12.6 Å². The Bertz CT molecular complexity index is 406. The molecular formula is C14H21N3. The zero-order valence-corrected chi connectivity index (χ0v) is 10.5. The molecule has 92 valence electrons. The Morgan fingerprint density at radius 2 is 2.12 bits per heavy atom. The van der Waals surface area contributed by atoms with Gasteiger partial charge >= 0.3 is 0 Å². The van der Waals surface area contributed by atoms with Gasteiger partial charge in [0.15, 0.2) is 0 Å². The van der Waals surface area contributed by atoms with Crippen LogP contribution in [0.15, 0.2) is 24.8 Å². The lowest BCUT2D eigenvalue weighted by Crippen LogP contribution is -2.16. The molecule has 1 aliphatic heterocycles. The predicted molar refractivity (Wildman–Crippen MR) is 74.9 cm³/mol. The number of nitrogen functional groups attached to an aromatic ring is 1. The maximum atomic E-state index is 5.92. The zero-order chi connectivity index (χ0) is 12.3. The number of nitrogens with two attached hydrogens (primary N) is 1. The number of rotatable bonds is 4. The van der Waals surface area contributed by atoms with Crippen LogP contribution in [0.25, 0.3) is 5.70 Å². The van der Waals surface area contributed by atoms with Crippen molar-refractivity contribution >= 4 is 17.1 Å². The zero-order valence-electron chi connectivity index (χ0n) is 10.5. The first-order valence-electron chi connectivity index (χ1n) is 6.30. The van der Waals surface area contributed by atoms with Crippen LogP contribution >= 0.6 is 0 Å². The van der Waals surface area contributed by atoms with E-state index in [-0.39, 0.29) is 0 Å². The summed E-state index contributed by atoms with van der Waals surface area (Å²) in [7, 11) is 0. The third kappa shape index (κ3) is 2.54. The number of anilines is 2. The first-order valence-corrected chi connectivity index (χ1v) is 6.30. The Hall–Kier alpha value is -1.64. The van der Waals surface area contributed by atoms with E-state index in [9.17, 15) is 0 Å². The van der Waals surface area contributed by atoms with Gasteiger partial charge in [0.05, 0.1) is 11.4 Å². The van der Waals surface area contributed by atoms with E-state index >= 15 is 0 Å². The number of likely N-dealkylation sites (tertiary alicyclic amines) is 1. The van der Waals surface area contributed by atoms with Gasteiger partial charge in [-0.15, -0.1) is 0 Å². The van der Waals surface area contributed by atoms with E-state index < -0.39 is 0 Å². The molecule has 1 saturated heterocycles. The van der Waals surface area contributed by atoms with Gasteiger partial charge in [0.1, 0.15) is 0 Å². The molecule has 0 bridgehead atoms. The molecule has 1 aromatic rings. The van der Waals surface area contributed by atoms with E-state index in [4.69, 9.17) is 5.73 Å². The molecule has 1 heterocycles. The third-order valence-corrected chi connectivity index (χ3v) is 3.24. The summed E-state index contributed by atoms with van der Waals surface area (Å²) < 4.78 is 0. The van der Waals surface area contributed by atoms with Crippen LogP contribution in [0.2, 0.25) is 0 Å². The Morgan fingerprint density at radius 1 is 1.41 bits per heavy atom. The van der Waals surface area contributed by atoms with Crippen molar-refractivity contribution in [2.24, 2.45) is 0 Å². The van der Waals surface area contributed by atoms with Crippen molar-refractivity contribution < 1.29 is 0 Å². The van der Waals surface area contributed by atoms with Gasteiger partial charge in [-0.3, -0.25) is 0 Å². The minimum atomic E-state index is 0.796. The summed E-state index contributed by atoms with van der Waals surface area (Å²) in [5.74, 6) is 0. The SMILES string of the molecule is C=C(c1ccc(N)c(NCC)c1)N1CCCC1. The lowest BCUT2D eigenvalue weighted by atomic mass is 10.1. The molecule has 0 atom stereocenters. The monoisotopic (exact) mass is 231 g/mol. The Balaban J connectivity index is 2.20. The Morgan fingerprint density at radius 3 is 2.76 bits per heavy atom. The molecule has 1 aliphatic rings. The quantitative estimate of drug-likeness (QED) is 0.783. The van der Waals surface area contributed by atoms with Crippen LogP contribution < -0.4 is 11.1 Å². The molecule has 0 amide bonds. The molecule has 3 N–H and O–H groups in total. The minimum Gasteiger partial charge on any atom is -0.397 e. The Kier molecular flexibility index (Phi) is 3.57. The van der Waals surface area contributed by atoms with Crippen molar-refractivity contribution in [1.82, 2.24) is 4.90 Å². The maximum Gasteiger partial charge on any atom is 0.0580 e. The standard InChI is InChI=1S/C14H21N3/c1-3-16-14-10-12(6-7-13(14)15)11(2)17-8-4-5-9-17/h6-7,10,16H,2-5,8-9,15H2,1H3. The lowest BCUT2D eigenvalue weighted by molar-refractivity contribution is 0.494. The molecule has 3 nitrogen and oxygen atoms in total. The molecule has 0 spiro atoms. The fourth-order valence-electron chi connectivity index (χ4n) is 2.25. The number of benzene rings is 1. The summed E-state index contributed by atoms with van der Waals surface area (Å²) in [6, 6.07) is 6.10. The molecule has 0 aromatic heterocycles. The second-order valence-corrected chi connectivity index (χ2v) is 4.47. The van der Waals surface area contributed by atoms with Crippen molar-refractivity contribution in [2.75, 3.05) is 30.7 Å². The van der Waals surface area contributed by atoms with E-state index in [0.717, 1.165) is 42.3 Å². The summed E-state index contributed by atoms with van der Waals surface area (Å²) in [6.07, 6.45) is 2.54. The topological polar surface area (TPSA) is 41.3 Å². The highest BCUT2D eigenvalue weighted by Crippen LogP contribution is 2.27. The van der Waals surface area contributed by atoms with Gasteiger partial charge in [-0.2, -0.15) is 0 Å². The van der Waals surface area contributed by atoms with E-state index in [1.54, 1.807) is 0 Å². The van der Waals surface area contributed by atoms with E-state index in [0.29, 0.717) is 0 Å². The molecule has 2 rings (SSSR count). The number of nitrogens with zero attached hydrogens (tertiary/aromatic N) is 1. The third-order valence-electron chi connectivity index (χ3n) is 3.24. The van der Waals surface area contributed by atoms with Crippen LogP contribution in [0, 0.1) is 0 Å². The fraction of sp³-hybridized carbons (Fsp3) is 0.429. The molecule has 17 heavy (non-hydrogen) atoms. The summed E-state index contributed by atoms with van der Waals surface area (Å²) >= 11 is 0. The van der Waals surface area contributed by atoms with Gasteiger partial charge in [0, 0.05) is 25.3 Å². The predicted octanol–water partition coefficient (Wildman–Crippen LogP) is 2.77. The molecule has 3 heteroatoms. The van der Waals surface area contributed by atoms with Crippen LogP contribution in [0.5, 0.6) is 0 Å². The molecular weight excluding hydrogens is 210 g/mol. The van der Waals surface area contributed by atoms with Crippen molar-refractivity contribution in [3.05, 3.63) is 30.3 Å². The second-order valence-electron chi connectivity index (χ2n) is 4.47. The van der Waals surface area contributed by atoms with Gasteiger partial charge in [-0.25, -0.2) is 0 Å². The van der Waals surface area contributed by atoms with Crippen molar-refractivity contribution in [3.8, 4) is 0 Å². The summed E-state index contributed by atoms with van der Waals surface area (Å²) in [5, 5.41) is 3.28. The average Bonchev–Trinajstić information content (AvgIpc) is 2.85. The highest BCUT2D eigenvalue weighted by atomic mass is 15.1. The molecule has 0 unspecified atom stereocenters. The Labute approximate surface area is 103 Å². The van der Waals surface area contributed by atoms with E-state index in [2.05, 4.69) is 35.9 Å².